The summed E-state index contributed by atoms with van der Waals surface area (Å²) in [6, 6.07) is 11.2. The van der Waals surface area contributed by atoms with Gasteiger partial charge in [0.15, 0.2) is 0 Å². The number of hydrogen-bond donors (Lipinski definition) is 0. The van der Waals surface area contributed by atoms with Crippen LogP contribution in [-0.4, -0.2) is 17.9 Å². The first-order valence-corrected chi connectivity index (χ1v) is 8.20. The standard InChI is InChI=1S/C18H16BrF2NO/c1-22(10-11-8-12(19)6-7-16(11)20)18(23)15-9-14(15)13-4-2-3-5-17(13)21/h2-8,14-15H,9-10H2,1H3. The van der Waals surface area contributed by atoms with Crippen LogP contribution in [0.5, 0.6) is 0 Å². The van der Waals surface area contributed by atoms with Crippen LogP contribution in [0.1, 0.15) is 23.5 Å². The van der Waals surface area contributed by atoms with E-state index in [1.54, 1.807) is 37.4 Å². The molecule has 0 radical (unpaired) electrons. The maximum atomic E-state index is 13.8. The summed E-state index contributed by atoms with van der Waals surface area (Å²) in [5.74, 6) is -0.967. The average molecular weight is 380 g/mol. The Labute approximate surface area is 142 Å². The van der Waals surface area contributed by atoms with E-state index in [9.17, 15) is 13.6 Å². The van der Waals surface area contributed by atoms with Gasteiger partial charge in [-0.25, -0.2) is 8.78 Å². The van der Waals surface area contributed by atoms with Crippen LogP contribution in [0.15, 0.2) is 46.9 Å². The van der Waals surface area contributed by atoms with Crippen molar-refractivity contribution < 1.29 is 13.6 Å². The van der Waals surface area contributed by atoms with E-state index in [4.69, 9.17) is 0 Å². The first kappa shape index (κ1) is 16.1. The molecule has 1 fully saturated rings. The fraction of sp³-hybridized carbons (Fsp3) is 0.278. The maximum absolute atomic E-state index is 13.8. The molecule has 0 aromatic heterocycles. The Balaban J connectivity index is 1.67. The zero-order chi connectivity index (χ0) is 16.6. The molecule has 2 unspecified atom stereocenters. The largest absolute Gasteiger partial charge is 0.341 e. The number of benzene rings is 2. The number of carbonyl (C=O) groups excluding carboxylic acids is 1. The van der Waals surface area contributed by atoms with Crippen molar-refractivity contribution in [1.82, 2.24) is 4.90 Å². The summed E-state index contributed by atoms with van der Waals surface area (Å²) < 4.78 is 28.3. The Morgan fingerprint density at radius 2 is 1.96 bits per heavy atom. The van der Waals surface area contributed by atoms with Crippen LogP contribution in [0.3, 0.4) is 0 Å². The molecule has 2 aromatic carbocycles. The van der Waals surface area contributed by atoms with Crippen LogP contribution in [0.2, 0.25) is 0 Å². The molecule has 1 amide bonds. The van der Waals surface area contributed by atoms with Crippen molar-refractivity contribution in [2.24, 2.45) is 5.92 Å². The highest BCUT2D eigenvalue weighted by Gasteiger charge is 2.46. The van der Waals surface area contributed by atoms with Crippen molar-refractivity contribution in [2.75, 3.05) is 7.05 Å². The first-order chi connectivity index (χ1) is 11.0. The second kappa shape index (κ2) is 6.40. The molecule has 120 valence electrons. The minimum Gasteiger partial charge on any atom is -0.341 e. The highest BCUT2D eigenvalue weighted by atomic mass is 79.9. The molecule has 0 N–H and O–H groups in total. The van der Waals surface area contributed by atoms with E-state index in [-0.39, 0.29) is 35.9 Å². The van der Waals surface area contributed by atoms with Crippen molar-refractivity contribution in [2.45, 2.75) is 18.9 Å². The van der Waals surface area contributed by atoms with Crippen molar-refractivity contribution >= 4 is 21.8 Å². The quantitative estimate of drug-likeness (QED) is 0.766. The molecule has 2 atom stereocenters. The minimum atomic E-state index is -0.339. The molecule has 0 bridgehead atoms. The van der Waals surface area contributed by atoms with E-state index in [1.165, 1.54) is 17.0 Å². The second-order valence-corrected chi connectivity index (χ2v) is 6.82. The molecular formula is C18H16BrF2NO. The maximum Gasteiger partial charge on any atom is 0.226 e. The monoisotopic (exact) mass is 379 g/mol. The minimum absolute atomic E-state index is 0.0708. The smallest absolute Gasteiger partial charge is 0.226 e. The van der Waals surface area contributed by atoms with Gasteiger partial charge in [0, 0.05) is 29.5 Å². The summed E-state index contributed by atoms with van der Waals surface area (Å²) in [6.45, 7) is 0.199. The molecule has 2 nitrogen and oxygen atoms in total. The Kier molecular flexibility index (Phi) is 4.48. The predicted molar refractivity (Wildman–Crippen MR) is 87.8 cm³/mol. The van der Waals surface area contributed by atoms with Gasteiger partial charge in [-0.05, 0) is 42.2 Å². The Bertz CT molecular complexity index is 750. The van der Waals surface area contributed by atoms with E-state index in [0.717, 1.165) is 4.47 Å². The number of amides is 1. The van der Waals surface area contributed by atoms with Crippen LogP contribution >= 0.6 is 15.9 Å². The Morgan fingerprint density at radius 1 is 1.22 bits per heavy atom. The number of nitrogens with zero attached hydrogens (tertiary/aromatic N) is 1. The summed E-state index contributed by atoms with van der Waals surface area (Å²) >= 11 is 3.30. The lowest BCUT2D eigenvalue weighted by Crippen LogP contribution is -2.28. The third-order valence-electron chi connectivity index (χ3n) is 4.20. The molecular weight excluding hydrogens is 364 g/mol. The molecule has 0 saturated heterocycles. The Morgan fingerprint density at radius 3 is 2.70 bits per heavy atom. The molecule has 5 heteroatoms. The third-order valence-corrected chi connectivity index (χ3v) is 4.70. The lowest BCUT2D eigenvalue weighted by molar-refractivity contribution is -0.131. The third kappa shape index (κ3) is 3.44. The van der Waals surface area contributed by atoms with Crippen LogP contribution < -0.4 is 0 Å². The number of rotatable bonds is 4. The normalized spacial score (nSPS) is 19.5. The molecule has 3 rings (SSSR count). The molecule has 1 saturated carbocycles. The van der Waals surface area contributed by atoms with Crippen molar-refractivity contribution in [3.8, 4) is 0 Å². The summed E-state index contributed by atoms with van der Waals surface area (Å²) in [7, 11) is 1.65. The van der Waals surface area contributed by atoms with E-state index < -0.39 is 0 Å². The lowest BCUT2D eigenvalue weighted by Gasteiger charge is -2.18. The second-order valence-electron chi connectivity index (χ2n) is 5.90. The fourth-order valence-corrected chi connectivity index (χ4v) is 3.28. The number of carbonyl (C=O) groups is 1. The van der Waals surface area contributed by atoms with Gasteiger partial charge in [0.2, 0.25) is 5.91 Å². The molecule has 0 spiro atoms. The van der Waals surface area contributed by atoms with Gasteiger partial charge >= 0.3 is 0 Å². The first-order valence-electron chi connectivity index (χ1n) is 7.40. The van der Waals surface area contributed by atoms with Gasteiger partial charge in [0.25, 0.3) is 0 Å². The van der Waals surface area contributed by atoms with Crippen LogP contribution in [0.4, 0.5) is 8.78 Å². The van der Waals surface area contributed by atoms with Crippen LogP contribution in [0, 0.1) is 17.6 Å². The van der Waals surface area contributed by atoms with E-state index in [2.05, 4.69) is 15.9 Å². The summed E-state index contributed by atoms with van der Waals surface area (Å²) in [5.41, 5.74) is 1.05. The van der Waals surface area contributed by atoms with Gasteiger partial charge in [0.05, 0.1) is 0 Å². The lowest BCUT2D eigenvalue weighted by atomic mass is 10.1. The number of halogens is 3. The molecule has 2 aromatic rings. The van der Waals surface area contributed by atoms with Gasteiger partial charge in [-0.1, -0.05) is 34.1 Å². The van der Waals surface area contributed by atoms with Crippen LogP contribution in [0.25, 0.3) is 0 Å². The van der Waals surface area contributed by atoms with Gasteiger partial charge in [-0.15, -0.1) is 0 Å². The molecule has 0 aliphatic heterocycles. The fourth-order valence-electron chi connectivity index (χ4n) is 2.87. The molecule has 1 aliphatic rings. The van der Waals surface area contributed by atoms with Gasteiger partial charge < -0.3 is 4.90 Å². The summed E-state index contributed by atoms with van der Waals surface area (Å²) in [5, 5.41) is 0. The van der Waals surface area contributed by atoms with Gasteiger partial charge in [0.1, 0.15) is 11.6 Å². The summed E-state index contributed by atoms with van der Waals surface area (Å²) in [6.07, 6.45) is 0.644. The average Bonchev–Trinajstić information content (AvgIpc) is 3.31. The van der Waals surface area contributed by atoms with Gasteiger partial charge in [-0.2, -0.15) is 0 Å². The van der Waals surface area contributed by atoms with Crippen molar-refractivity contribution in [3.63, 3.8) is 0 Å². The Hall–Kier alpha value is -1.75. The highest BCUT2D eigenvalue weighted by molar-refractivity contribution is 9.10. The summed E-state index contributed by atoms with van der Waals surface area (Å²) in [4.78, 5) is 14.0. The van der Waals surface area contributed by atoms with Crippen molar-refractivity contribution in [1.29, 1.82) is 0 Å². The SMILES string of the molecule is CN(Cc1cc(Br)ccc1F)C(=O)C1CC1c1ccccc1F. The highest BCUT2D eigenvalue weighted by Crippen LogP contribution is 2.49. The van der Waals surface area contributed by atoms with E-state index in [1.807, 2.05) is 0 Å². The molecule has 23 heavy (non-hydrogen) atoms. The van der Waals surface area contributed by atoms with Crippen LogP contribution in [-0.2, 0) is 11.3 Å². The topological polar surface area (TPSA) is 20.3 Å². The zero-order valence-corrected chi connectivity index (χ0v) is 14.2. The van der Waals surface area contributed by atoms with E-state index >= 15 is 0 Å². The molecule has 1 aliphatic carbocycles. The van der Waals surface area contributed by atoms with Crippen molar-refractivity contribution in [3.05, 3.63) is 69.7 Å². The predicted octanol–water partition coefficient (Wildman–Crippen LogP) is 4.49. The van der Waals surface area contributed by atoms with Gasteiger partial charge in [-0.3, -0.25) is 4.79 Å². The zero-order valence-electron chi connectivity index (χ0n) is 12.6. The molecule has 0 heterocycles. The number of hydrogen-bond acceptors (Lipinski definition) is 1. The van der Waals surface area contributed by atoms with E-state index in [0.29, 0.717) is 17.5 Å².